The lowest BCUT2D eigenvalue weighted by molar-refractivity contribution is -0.141. The van der Waals surface area contributed by atoms with E-state index in [0.29, 0.717) is 5.56 Å². The van der Waals surface area contributed by atoms with Crippen molar-refractivity contribution in [2.45, 2.75) is 12.5 Å². The van der Waals surface area contributed by atoms with Gasteiger partial charge in [0.25, 0.3) is 11.8 Å². The lowest BCUT2D eigenvalue weighted by Crippen LogP contribution is -2.46. The number of imide groups is 1. The smallest absolute Gasteiger partial charge is 0.327 e. The van der Waals surface area contributed by atoms with Crippen molar-refractivity contribution >= 4 is 41.0 Å². The van der Waals surface area contributed by atoms with Gasteiger partial charge in [-0.3, -0.25) is 14.5 Å². The van der Waals surface area contributed by atoms with E-state index in [1.165, 1.54) is 12.1 Å². The fourth-order valence-electron chi connectivity index (χ4n) is 2.66. The predicted molar refractivity (Wildman–Crippen MR) is 88.5 cm³/mol. The zero-order valence-corrected chi connectivity index (χ0v) is 13.7. The molecule has 24 heavy (non-hydrogen) atoms. The van der Waals surface area contributed by atoms with Gasteiger partial charge in [0, 0.05) is 6.42 Å². The normalized spacial score (nSPS) is 14.7. The van der Waals surface area contributed by atoms with E-state index in [-0.39, 0.29) is 27.6 Å². The fraction of sp³-hybridized carbons (Fsp3) is 0.118. The summed E-state index contributed by atoms with van der Waals surface area (Å²) in [5.41, 5.74) is 0.833. The van der Waals surface area contributed by atoms with Crippen LogP contribution >= 0.6 is 23.2 Å². The molecule has 7 heteroatoms. The van der Waals surface area contributed by atoms with E-state index in [4.69, 9.17) is 23.2 Å². The number of nitrogens with zero attached hydrogens (tertiary/aromatic N) is 1. The molecule has 2 amide bonds. The highest BCUT2D eigenvalue weighted by molar-refractivity contribution is 6.43. The molecule has 1 N–H and O–H groups in total. The zero-order chi connectivity index (χ0) is 17.4. The molecular formula is C17H11Cl2NO4. The number of carbonyl (C=O) groups excluding carboxylic acids is 2. The number of fused-ring (bicyclic) bond motifs is 1. The van der Waals surface area contributed by atoms with Crippen molar-refractivity contribution in [3.05, 3.63) is 69.2 Å². The number of amides is 2. The highest BCUT2D eigenvalue weighted by Gasteiger charge is 2.43. The summed E-state index contributed by atoms with van der Waals surface area (Å²) >= 11 is 11.8. The number of aliphatic carboxylic acids is 1. The molecule has 0 spiro atoms. The van der Waals surface area contributed by atoms with Gasteiger partial charge in [-0.15, -0.1) is 0 Å². The molecular weight excluding hydrogens is 353 g/mol. The predicted octanol–water partition coefficient (Wildman–Crippen LogP) is 3.29. The summed E-state index contributed by atoms with van der Waals surface area (Å²) in [4.78, 5) is 37.5. The molecule has 1 aliphatic heterocycles. The molecule has 5 nitrogen and oxygen atoms in total. The summed E-state index contributed by atoms with van der Waals surface area (Å²) in [6.07, 6.45) is 0.0170. The first-order chi connectivity index (χ1) is 11.4. The third-order valence-electron chi connectivity index (χ3n) is 3.83. The van der Waals surface area contributed by atoms with Crippen LogP contribution in [-0.4, -0.2) is 33.8 Å². The molecule has 122 valence electrons. The Bertz CT molecular complexity index is 810. The van der Waals surface area contributed by atoms with Crippen molar-refractivity contribution in [1.82, 2.24) is 4.90 Å². The molecule has 0 unspecified atom stereocenters. The fourth-order valence-corrected chi connectivity index (χ4v) is 2.99. The van der Waals surface area contributed by atoms with Gasteiger partial charge in [-0.25, -0.2) is 4.79 Å². The van der Waals surface area contributed by atoms with Crippen LogP contribution in [0.5, 0.6) is 0 Å². The molecule has 0 fully saturated rings. The monoisotopic (exact) mass is 363 g/mol. The van der Waals surface area contributed by atoms with Crippen LogP contribution in [0.3, 0.4) is 0 Å². The summed E-state index contributed by atoms with van der Waals surface area (Å²) in [5, 5.41) is 9.79. The maximum atomic E-state index is 12.5. The van der Waals surface area contributed by atoms with Crippen molar-refractivity contribution in [3.8, 4) is 0 Å². The lowest BCUT2D eigenvalue weighted by atomic mass is 10.0. The number of halogens is 2. The van der Waals surface area contributed by atoms with E-state index >= 15 is 0 Å². The van der Waals surface area contributed by atoms with Crippen molar-refractivity contribution in [2.24, 2.45) is 0 Å². The minimum Gasteiger partial charge on any atom is -0.480 e. The van der Waals surface area contributed by atoms with E-state index in [1.807, 2.05) is 0 Å². The van der Waals surface area contributed by atoms with E-state index < -0.39 is 23.8 Å². The van der Waals surface area contributed by atoms with Gasteiger partial charge in [0.1, 0.15) is 6.04 Å². The second-order valence-electron chi connectivity index (χ2n) is 5.34. The highest BCUT2D eigenvalue weighted by Crippen LogP contribution is 2.33. The Morgan fingerprint density at radius 2 is 1.50 bits per heavy atom. The first-order valence-corrected chi connectivity index (χ1v) is 7.79. The Kier molecular flexibility index (Phi) is 4.30. The Hall–Kier alpha value is -2.37. The maximum absolute atomic E-state index is 12.5. The van der Waals surface area contributed by atoms with Gasteiger partial charge < -0.3 is 5.11 Å². The van der Waals surface area contributed by atoms with Crippen LogP contribution in [0.2, 0.25) is 10.0 Å². The summed E-state index contributed by atoms with van der Waals surface area (Å²) in [6.45, 7) is 0. The van der Waals surface area contributed by atoms with E-state index in [2.05, 4.69) is 0 Å². The van der Waals surface area contributed by atoms with Gasteiger partial charge in [-0.1, -0.05) is 53.5 Å². The van der Waals surface area contributed by atoms with Crippen LogP contribution in [-0.2, 0) is 11.2 Å². The Morgan fingerprint density at radius 1 is 1.00 bits per heavy atom. The van der Waals surface area contributed by atoms with E-state index in [9.17, 15) is 19.5 Å². The van der Waals surface area contributed by atoms with Gasteiger partial charge in [-0.05, 0) is 17.7 Å². The molecule has 0 radical (unpaired) electrons. The van der Waals surface area contributed by atoms with Crippen LogP contribution in [0.15, 0.2) is 42.5 Å². The van der Waals surface area contributed by atoms with Crippen molar-refractivity contribution in [2.75, 3.05) is 0 Å². The minimum atomic E-state index is -1.31. The maximum Gasteiger partial charge on any atom is 0.327 e. The molecule has 2 aromatic rings. The zero-order valence-electron chi connectivity index (χ0n) is 12.2. The average Bonchev–Trinajstić information content (AvgIpc) is 2.78. The van der Waals surface area contributed by atoms with Gasteiger partial charge in [0.05, 0.1) is 21.2 Å². The first-order valence-electron chi connectivity index (χ1n) is 7.04. The molecule has 0 saturated heterocycles. The Labute approximate surface area is 147 Å². The SMILES string of the molecule is O=C(O)[C@@H](Cc1ccccc1)N1C(=O)c2cc(Cl)c(Cl)cc2C1=O. The largest absolute Gasteiger partial charge is 0.480 e. The Balaban J connectivity index is 1.99. The molecule has 3 rings (SSSR count). The molecule has 2 aromatic carbocycles. The van der Waals surface area contributed by atoms with Crippen molar-refractivity contribution in [1.29, 1.82) is 0 Å². The molecule has 1 atom stereocenters. The number of rotatable bonds is 4. The third kappa shape index (κ3) is 2.77. The van der Waals surface area contributed by atoms with Crippen LogP contribution in [0, 0.1) is 0 Å². The van der Waals surface area contributed by atoms with Crippen LogP contribution in [0.25, 0.3) is 0 Å². The molecule has 0 aliphatic carbocycles. The standard InChI is InChI=1S/C17H11Cl2NO4/c18-12-7-10-11(8-13(12)19)16(22)20(15(10)21)14(17(23)24)6-9-4-2-1-3-5-9/h1-5,7-8,14H,6H2,(H,23,24)/t14-/m1/s1. The second kappa shape index (κ2) is 6.26. The van der Waals surface area contributed by atoms with Crippen LogP contribution in [0.4, 0.5) is 0 Å². The number of hydrogen-bond acceptors (Lipinski definition) is 3. The van der Waals surface area contributed by atoms with Gasteiger partial charge in [-0.2, -0.15) is 0 Å². The summed E-state index contributed by atoms with van der Waals surface area (Å²) in [5.74, 6) is -2.63. The first kappa shape index (κ1) is 16.5. The number of carbonyl (C=O) groups is 3. The summed E-state index contributed by atoms with van der Waals surface area (Å²) in [6, 6.07) is 10.1. The van der Waals surface area contributed by atoms with Crippen molar-refractivity contribution in [3.63, 3.8) is 0 Å². The van der Waals surface area contributed by atoms with Crippen LogP contribution < -0.4 is 0 Å². The molecule has 0 aromatic heterocycles. The molecule has 1 heterocycles. The van der Waals surface area contributed by atoms with Gasteiger partial charge >= 0.3 is 5.97 Å². The lowest BCUT2D eigenvalue weighted by Gasteiger charge is -2.22. The van der Waals surface area contributed by atoms with Crippen LogP contribution in [0.1, 0.15) is 26.3 Å². The summed E-state index contributed by atoms with van der Waals surface area (Å²) in [7, 11) is 0. The second-order valence-corrected chi connectivity index (χ2v) is 6.15. The molecule has 0 saturated carbocycles. The van der Waals surface area contributed by atoms with E-state index in [1.54, 1.807) is 30.3 Å². The quantitative estimate of drug-likeness (QED) is 0.845. The molecule has 0 bridgehead atoms. The van der Waals surface area contributed by atoms with Crippen molar-refractivity contribution < 1.29 is 19.5 Å². The third-order valence-corrected chi connectivity index (χ3v) is 4.55. The van der Waals surface area contributed by atoms with E-state index in [0.717, 1.165) is 4.90 Å². The highest BCUT2D eigenvalue weighted by atomic mass is 35.5. The number of hydrogen-bond donors (Lipinski definition) is 1. The summed E-state index contributed by atoms with van der Waals surface area (Å²) < 4.78 is 0. The topological polar surface area (TPSA) is 74.7 Å². The van der Waals surface area contributed by atoms with Gasteiger partial charge in [0.2, 0.25) is 0 Å². The number of carboxylic acids is 1. The number of benzene rings is 2. The Morgan fingerprint density at radius 3 is 1.96 bits per heavy atom. The minimum absolute atomic E-state index is 0.0170. The average molecular weight is 364 g/mol. The van der Waals surface area contributed by atoms with Gasteiger partial charge in [0.15, 0.2) is 0 Å². The number of carboxylic acid groups (broad SMARTS) is 1. The molecule has 1 aliphatic rings.